The van der Waals surface area contributed by atoms with Gasteiger partial charge in [0.15, 0.2) is 5.65 Å². The van der Waals surface area contributed by atoms with Crippen molar-refractivity contribution in [1.29, 1.82) is 0 Å². The molecule has 0 atom stereocenters. The number of pyridine rings is 3. The van der Waals surface area contributed by atoms with Crippen LogP contribution >= 0.6 is 11.3 Å². The van der Waals surface area contributed by atoms with Crippen LogP contribution in [-0.4, -0.2) is 36.0 Å². The lowest BCUT2D eigenvalue weighted by atomic mass is 10.1. The van der Waals surface area contributed by atoms with E-state index in [9.17, 15) is 4.79 Å². The van der Waals surface area contributed by atoms with Gasteiger partial charge in [0, 0.05) is 62.9 Å². The lowest BCUT2D eigenvalue weighted by Gasteiger charge is -2.07. The molecule has 6 aromatic heterocycles. The fourth-order valence-corrected chi connectivity index (χ4v) is 4.98. The van der Waals surface area contributed by atoms with Crippen molar-refractivity contribution in [2.75, 3.05) is 5.32 Å². The lowest BCUT2D eigenvalue weighted by molar-refractivity contribution is -0.117. The van der Waals surface area contributed by atoms with E-state index >= 15 is 0 Å². The average molecular weight is 478 g/mol. The molecular formula is C26H19N7OS. The van der Waals surface area contributed by atoms with Gasteiger partial charge in [-0.15, -0.1) is 0 Å². The number of thiophene rings is 1. The van der Waals surface area contributed by atoms with E-state index in [2.05, 4.69) is 58.3 Å². The van der Waals surface area contributed by atoms with Gasteiger partial charge in [-0.05, 0) is 48.6 Å². The Morgan fingerprint density at radius 3 is 2.77 bits per heavy atom. The Bertz CT molecular complexity index is 1710. The summed E-state index contributed by atoms with van der Waals surface area (Å²) >= 11 is 1.65. The molecule has 8 nitrogen and oxygen atoms in total. The largest absolute Gasteiger partial charge is 0.353 e. The fraction of sp³-hybridized carbons (Fsp3) is 0.115. The summed E-state index contributed by atoms with van der Waals surface area (Å²) in [4.78, 5) is 29.2. The number of nitrogens with zero attached hydrogens (tertiary/aromatic N) is 4. The van der Waals surface area contributed by atoms with Crippen LogP contribution < -0.4 is 5.32 Å². The second-order valence-corrected chi connectivity index (χ2v) is 9.52. The zero-order valence-corrected chi connectivity index (χ0v) is 19.3. The number of anilines is 1. The first kappa shape index (κ1) is 20.0. The minimum absolute atomic E-state index is 0.0600. The third kappa shape index (κ3) is 3.57. The van der Waals surface area contributed by atoms with Crippen molar-refractivity contribution in [3.05, 3.63) is 65.9 Å². The second kappa shape index (κ2) is 7.85. The number of hydrogen-bond acceptors (Lipinski definition) is 6. The highest BCUT2D eigenvalue weighted by Crippen LogP contribution is 2.35. The highest BCUT2D eigenvalue weighted by Gasteiger charge is 2.29. The summed E-state index contributed by atoms with van der Waals surface area (Å²) in [5, 5.41) is 16.6. The number of hydrogen-bond donors (Lipinski definition) is 3. The third-order valence-electron chi connectivity index (χ3n) is 6.31. The molecule has 0 radical (unpaired) electrons. The van der Waals surface area contributed by atoms with Gasteiger partial charge in [-0.3, -0.25) is 19.9 Å². The van der Waals surface area contributed by atoms with Gasteiger partial charge in [0.2, 0.25) is 5.91 Å². The van der Waals surface area contributed by atoms with Gasteiger partial charge in [-0.1, -0.05) is 0 Å². The molecule has 6 heterocycles. The van der Waals surface area contributed by atoms with Gasteiger partial charge < -0.3 is 10.3 Å². The van der Waals surface area contributed by atoms with Crippen LogP contribution in [0.3, 0.4) is 0 Å². The Morgan fingerprint density at radius 1 is 1.00 bits per heavy atom. The maximum Gasteiger partial charge on any atom is 0.227 e. The van der Waals surface area contributed by atoms with Crippen LogP contribution in [0.1, 0.15) is 12.8 Å². The number of fused-ring (bicyclic) bond motifs is 2. The van der Waals surface area contributed by atoms with Crippen LogP contribution in [-0.2, 0) is 4.79 Å². The summed E-state index contributed by atoms with van der Waals surface area (Å²) < 4.78 is 0. The molecule has 1 aliphatic carbocycles. The number of H-pyrrole nitrogens is 2. The Labute approximate surface area is 203 Å². The smallest absolute Gasteiger partial charge is 0.227 e. The third-order valence-corrected chi connectivity index (χ3v) is 6.99. The molecule has 3 N–H and O–H groups in total. The van der Waals surface area contributed by atoms with E-state index in [4.69, 9.17) is 0 Å². The van der Waals surface area contributed by atoms with E-state index in [0.717, 1.165) is 62.9 Å². The minimum atomic E-state index is 0.0600. The lowest BCUT2D eigenvalue weighted by Crippen LogP contribution is -2.13. The van der Waals surface area contributed by atoms with Gasteiger partial charge in [-0.2, -0.15) is 16.4 Å². The molecule has 0 bridgehead atoms. The number of aromatic amines is 2. The number of carbonyl (C=O) groups excluding carboxylic acids is 1. The summed E-state index contributed by atoms with van der Waals surface area (Å²) in [6.45, 7) is 0. The quantitative estimate of drug-likeness (QED) is 0.297. The van der Waals surface area contributed by atoms with Crippen LogP contribution in [0.25, 0.3) is 55.7 Å². The predicted octanol–water partition coefficient (Wildman–Crippen LogP) is 5.64. The Hall–Kier alpha value is -4.37. The zero-order valence-electron chi connectivity index (χ0n) is 18.4. The molecule has 1 amide bonds. The maximum atomic E-state index is 12.2. The molecule has 0 spiro atoms. The number of carbonyl (C=O) groups is 1. The normalized spacial score (nSPS) is 13.5. The summed E-state index contributed by atoms with van der Waals surface area (Å²) in [6.07, 6.45) is 8.96. The molecule has 9 heteroatoms. The van der Waals surface area contributed by atoms with E-state index in [0.29, 0.717) is 11.3 Å². The van der Waals surface area contributed by atoms with Crippen LogP contribution in [0.15, 0.2) is 65.9 Å². The standard InChI is InChI=1S/C26H19N7OS/c34-26(14-1-2-14)30-18-7-16(10-27-12-18)17-8-20-24(32-33-25(20)29-11-17)22-9-19-21(31-22)3-5-28-23(19)15-4-6-35-13-15/h3-14,31H,1-2H2,(H,30,34)(H,29,32,33). The molecule has 35 heavy (non-hydrogen) atoms. The van der Waals surface area contributed by atoms with Gasteiger partial charge in [0.05, 0.1) is 29.0 Å². The molecule has 1 fully saturated rings. The van der Waals surface area contributed by atoms with E-state index in [1.165, 1.54) is 0 Å². The summed E-state index contributed by atoms with van der Waals surface area (Å²) in [6, 6.07) is 10.1. The fourth-order valence-electron chi connectivity index (χ4n) is 4.34. The first-order valence-corrected chi connectivity index (χ1v) is 12.3. The van der Waals surface area contributed by atoms with E-state index in [-0.39, 0.29) is 11.8 Å². The summed E-state index contributed by atoms with van der Waals surface area (Å²) in [5.41, 5.74) is 7.91. The summed E-state index contributed by atoms with van der Waals surface area (Å²) in [7, 11) is 0. The van der Waals surface area contributed by atoms with Crippen molar-refractivity contribution >= 4 is 44.9 Å². The van der Waals surface area contributed by atoms with Gasteiger partial charge in [-0.25, -0.2) is 4.98 Å². The molecule has 0 unspecified atom stereocenters. The van der Waals surface area contributed by atoms with Crippen molar-refractivity contribution in [3.8, 4) is 33.8 Å². The van der Waals surface area contributed by atoms with Crippen molar-refractivity contribution < 1.29 is 4.79 Å². The maximum absolute atomic E-state index is 12.2. The summed E-state index contributed by atoms with van der Waals surface area (Å²) in [5.74, 6) is 0.196. The number of amides is 1. The highest BCUT2D eigenvalue weighted by atomic mass is 32.1. The molecule has 1 aliphatic rings. The van der Waals surface area contributed by atoms with E-state index < -0.39 is 0 Å². The van der Waals surface area contributed by atoms with Crippen molar-refractivity contribution in [2.24, 2.45) is 5.92 Å². The SMILES string of the molecule is O=C(Nc1cncc(-c2cnc3n[nH]c(-c4cc5c(-c6ccsc6)nccc5[nH]4)c3c2)c1)C1CC1. The molecule has 6 aromatic rings. The Balaban J connectivity index is 1.29. The first-order valence-electron chi connectivity index (χ1n) is 11.3. The van der Waals surface area contributed by atoms with Crippen LogP contribution in [0.4, 0.5) is 5.69 Å². The molecule has 0 aliphatic heterocycles. The monoisotopic (exact) mass is 477 g/mol. The molecular weight excluding hydrogens is 458 g/mol. The Morgan fingerprint density at radius 2 is 1.91 bits per heavy atom. The van der Waals surface area contributed by atoms with E-state index in [1.807, 2.05) is 24.4 Å². The predicted molar refractivity (Wildman–Crippen MR) is 137 cm³/mol. The molecule has 7 rings (SSSR count). The topological polar surface area (TPSA) is 112 Å². The van der Waals surface area contributed by atoms with Crippen molar-refractivity contribution in [3.63, 3.8) is 0 Å². The van der Waals surface area contributed by atoms with Crippen LogP contribution in [0.2, 0.25) is 0 Å². The van der Waals surface area contributed by atoms with Gasteiger partial charge in [0.1, 0.15) is 0 Å². The number of aromatic nitrogens is 6. The second-order valence-electron chi connectivity index (χ2n) is 8.74. The van der Waals surface area contributed by atoms with E-state index in [1.54, 1.807) is 29.9 Å². The van der Waals surface area contributed by atoms with Crippen molar-refractivity contribution in [1.82, 2.24) is 30.1 Å². The van der Waals surface area contributed by atoms with Gasteiger partial charge >= 0.3 is 0 Å². The number of rotatable bonds is 5. The van der Waals surface area contributed by atoms with Crippen LogP contribution in [0, 0.1) is 5.92 Å². The highest BCUT2D eigenvalue weighted by molar-refractivity contribution is 7.08. The average Bonchev–Trinajstić information content (AvgIpc) is 3.26. The molecule has 0 aromatic carbocycles. The minimum Gasteiger partial charge on any atom is -0.353 e. The molecule has 170 valence electrons. The first-order chi connectivity index (χ1) is 17.2. The van der Waals surface area contributed by atoms with Crippen molar-refractivity contribution in [2.45, 2.75) is 12.8 Å². The number of nitrogens with one attached hydrogen (secondary N) is 3. The van der Waals surface area contributed by atoms with Gasteiger partial charge in [0.25, 0.3) is 0 Å². The van der Waals surface area contributed by atoms with Crippen LogP contribution in [0.5, 0.6) is 0 Å². The molecule has 0 saturated heterocycles. The Kier molecular flexibility index (Phi) is 4.49. The molecule has 1 saturated carbocycles. The zero-order chi connectivity index (χ0) is 23.4.